The SMILES string of the molecule is COc1c(Br)cc(C)cc1CC1(N)CC1. The van der Waals surface area contributed by atoms with Crippen molar-refractivity contribution in [3.05, 3.63) is 27.7 Å². The van der Waals surface area contributed by atoms with E-state index in [9.17, 15) is 0 Å². The summed E-state index contributed by atoms with van der Waals surface area (Å²) in [7, 11) is 1.70. The molecule has 0 aromatic heterocycles. The molecule has 15 heavy (non-hydrogen) atoms. The third-order valence-electron chi connectivity index (χ3n) is 2.90. The van der Waals surface area contributed by atoms with Gasteiger partial charge in [-0.2, -0.15) is 0 Å². The number of hydrogen-bond acceptors (Lipinski definition) is 2. The van der Waals surface area contributed by atoms with Crippen LogP contribution in [0, 0.1) is 6.92 Å². The predicted molar refractivity (Wildman–Crippen MR) is 65.3 cm³/mol. The molecule has 0 aliphatic heterocycles. The molecule has 1 aromatic carbocycles. The van der Waals surface area contributed by atoms with Crippen LogP contribution < -0.4 is 10.5 Å². The zero-order chi connectivity index (χ0) is 11.1. The number of hydrogen-bond donors (Lipinski definition) is 1. The van der Waals surface area contributed by atoms with Crippen LogP contribution in [0.5, 0.6) is 5.75 Å². The van der Waals surface area contributed by atoms with Crippen molar-refractivity contribution in [2.75, 3.05) is 7.11 Å². The molecule has 82 valence electrons. The Morgan fingerprint density at radius 2 is 2.13 bits per heavy atom. The molecular formula is C12H16BrNO. The Hall–Kier alpha value is -0.540. The summed E-state index contributed by atoms with van der Waals surface area (Å²) in [5, 5.41) is 0. The Balaban J connectivity index is 2.35. The van der Waals surface area contributed by atoms with Gasteiger partial charge in [-0.25, -0.2) is 0 Å². The molecule has 1 fully saturated rings. The lowest BCUT2D eigenvalue weighted by molar-refractivity contribution is 0.404. The highest BCUT2D eigenvalue weighted by atomic mass is 79.9. The fourth-order valence-electron chi connectivity index (χ4n) is 1.88. The normalized spacial score (nSPS) is 17.6. The van der Waals surface area contributed by atoms with E-state index in [0.29, 0.717) is 0 Å². The van der Waals surface area contributed by atoms with Gasteiger partial charge in [-0.1, -0.05) is 6.07 Å². The average Bonchev–Trinajstić information content (AvgIpc) is 2.82. The molecule has 3 heteroatoms. The van der Waals surface area contributed by atoms with Crippen LogP contribution in [0.25, 0.3) is 0 Å². The summed E-state index contributed by atoms with van der Waals surface area (Å²) in [4.78, 5) is 0. The topological polar surface area (TPSA) is 35.2 Å². The van der Waals surface area contributed by atoms with Crippen molar-refractivity contribution in [1.82, 2.24) is 0 Å². The molecule has 0 bridgehead atoms. The molecule has 0 saturated heterocycles. The maximum Gasteiger partial charge on any atom is 0.136 e. The summed E-state index contributed by atoms with van der Waals surface area (Å²) < 4.78 is 6.42. The van der Waals surface area contributed by atoms with Crippen LogP contribution in [-0.2, 0) is 6.42 Å². The molecule has 1 aromatic rings. The van der Waals surface area contributed by atoms with Crippen molar-refractivity contribution in [3.63, 3.8) is 0 Å². The molecule has 1 aliphatic rings. The van der Waals surface area contributed by atoms with Crippen molar-refractivity contribution in [2.45, 2.75) is 31.7 Å². The minimum absolute atomic E-state index is 0.0283. The number of methoxy groups -OCH3 is 1. The van der Waals surface area contributed by atoms with E-state index in [-0.39, 0.29) is 5.54 Å². The van der Waals surface area contributed by atoms with E-state index in [2.05, 4.69) is 35.0 Å². The molecular weight excluding hydrogens is 254 g/mol. The van der Waals surface area contributed by atoms with Gasteiger partial charge in [0.2, 0.25) is 0 Å². The first-order valence-corrected chi connectivity index (χ1v) is 5.95. The second-order valence-electron chi connectivity index (χ2n) is 4.48. The van der Waals surface area contributed by atoms with Gasteiger partial charge < -0.3 is 10.5 Å². The van der Waals surface area contributed by atoms with Crippen LogP contribution in [0.4, 0.5) is 0 Å². The van der Waals surface area contributed by atoms with Crippen LogP contribution >= 0.6 is 15.9 Å². The quantitative estimate of drug-likeness (QED) is 0.916. The summed E-state index contributed by atoms with van der Waals surface area (Å²) in [6, 6.07) is 4.23. The van der Waals surface area contributed by atoms with Gasteiger partial charge in [0, 0.05) is 5.54 Å². The molecule has 0 spiro atoms. The van der Waals surface area contributed by atoms with E-state index in [4.69, 9.17) is 10.5 Å². The van der Waals surface area contributed by atoms with Gasteiger partial charge in [0.25, 0.3) is 0 Å². The summed E-state index contributed by atoms with van der Waals surface area (Å²) >= 11 is 3.52. The third-order valence-corrected chi connectivity index (χ3v) is 3.49. The highest BCUT2D eigenvalue weighted by Crippen LogP contribution is 2.40. The van der Waals surface area contributed by atoms with Crippen molar-refractivity contribution in [1.29, 1.82) is 0 Å². The summed E-state index contributed by atoms with van der Waals surface area (Å²) in [5.41, 5.74) is 8.61. The number of benzene rings is 1. The molecule has 0 amide bonds. The second-order valence-corrected chi connectivity index (χ2v) is 5.33. The van der Waals surface area contributed by atoms with Gasteiger partial charge in [-0.05, 0) is 59.3 Å². The van der Waals surface area contributed by atoms with Crippen LogP contribution in [0.3, 0.4) is 0 Å². The molecule has 0 heterocycles. The Morgan fingerprint density at radius 1 is 1.47 bits per heavy atom. The van der Waals surface area contributed by atoms with E-state index in [0.717, 1.165) is 29.5 Å². The number of rotatable bonds is 3. The standard InChI is InChI=1S/C12H16BrNO/c1-8-5-9(7-12(14)3-4-12)11(15-2)10(13)6-8/h5-6H,3-4,7,14H2,1-2H3. The molecule has 1 saturated carbocycles. The van der Waals surface area contributed by atoms with E-state index < -0.39 is 0 Å². The highest BCUT2D eigenvalue weighted by Gasteiger charge is 2.38. The lowest BCUT2D eigenvalue weighted by Crippen LogP contribution is -2.24. The Labute approximate surface area is 98.9 Å². The van der Waals surface area contributed by atoms with E-state index >= 15 is 0 Å². The van der Waals surface area contributed by atoms with Gasteiger partial charge in [0.15, 0.2) is 0 Å². The molecule has 0 unspecified atom stereocenters. The van der Waals surface area contributed by atoms with Gasteiger partial charge in [0.1, 0.15) is 5.75 Å². The number of halogens is 1. The first-order chi connectivity index (χ1) is 7.04. The van der Waals surface area contributed by atoms with Crippen LogP contribution in [0.1, 0.15) is 24.0 Å². The molecule has 1 aliphatic carbocycles. The third kappa shape index (κ3) is 2.34. The Morgan fingerprint density at radius 3 is 2.67 bits per heavy atom. The predicted octanol–water partition coefficient (Wildman–Crippen LogP) is 2.80. The summed E-state index contributed by atoms with van der Waals surface area (Å²) in [6.07, 6.45) is 3.17. The average molecular weight is 270 g/mol. The maximum absolute atomic E-state index is 6.13. The van der Waals surface area contributed by atoms with Gasteiger partial charge in [0.05, 0.1) is 11.6 Å². The molecule has 2 N–H and O–H groups in total. The van der Waals surface area contributed by atoms with Crippen LogP contribution in [0.15, 0.2) is 16.6 Å². The number of ether oxygens (including phenoxy) is 1. The van der Waals surface area contributed by atoms with E-state index in [1.54, 1.807) is 7.11 Å². The highest BCUT2D eigenvalue weighted by molar-refractivity contribution is 9.10. The van der Waals surface area contributed by atoms with Crippen molar-refractivity contribution in [2.24, 2.45) is 5.73 Å². The second kappa shape index (κ2) is 3.80. The largest absolute Gasteiger partial charge is 0.495 e. The first-order valence-electron chi connectivity index (χ1n) is 5.16. The van der Waals surface area contributed by atoms with Crippen molar-refractivity contribution >= 4 is 15.9 Å². The van der Waals surface area contributed by atoms with Gasteiger partial charge >= 0.3 is 0 Å². The minimum Gasteiger partial charge on any atom is -0.495 e. The minimum atomic E-state index is 0.0283. The van der Waals surface area contributed by atoms with Gasteiger partial charge in [-0.3, -0.25) is 0 Å². The monoisotopic (exact) mass is 269 g/mol. The Kier molecular flexibility index (Phi) is 2.77. The summed E-state index contributed by atoms with van der Waals surface area (Å²) in [5.74, 6) is 0.928. The molecule has 2 rings (SSSR count). The fraction of sp³-hybridized carbons (Fsp3) is 0.500. The maximum atomic E-state index is 6.13. The lowest BCUT2D eigenvalue weighted by atomic mass is 10.0. The zero-order valence-electron chi connectivity index (χ0n) is 9.14. The number of aryl methyl sites for hydroxylation is 1. The first kappa shape index (κ1) is 11.0. The van der Waals surface area contributed by atoms with E-state index in [1.807, 2.05) is 0 Å². The lowest BCUT2D eigenvalue weighted by Gasteiger charge is -2.15. The molecule has 2 nitrogen and oxygen atoms in total. The number of nitrogens with two attached hydrogens (primary N) is 1. The van der Waals surface area contributed by atoms with Gasteiger partial charge in [-0.15, -0.1) is 0 Å². The van der Waals surface area contributed by atoms with Crippen molar-refractivity contribution in [3.8, 4) is 5.75 Å². The molecule has 0 radical (unpaired) electrons. The van der Waals surface area contributed by atoms with Crippen molar-refractivity contribution < 1.29 is 4.74 Å². The van der Waals surface area contributed by atoms with Crippen LogP contribution in [-0.4, -0.2) is 12.6 Å². The van der Waals surface area contributed by atoms with E-state index in [1.165, 1.54) is 11.1 Å². The fourth-order valence-corrected chi connectivity index (χ4v) is 2.65. The van der Waals surface area contributed by atoms with Crippen LogP contribution in [0.2, 0.25) is 0 Å². The molecule has 0 atom stereocenters. The smallest absolute Gasteiger partial charge is 0.136 e. The zero-order valence-corrected chi connectivity index (χ0v) is 10.7. The Bertz CT molecular complexity index is 385. The summed E-state index contributed by atoms with van der Waals surface area (Å²) in [6.45, 7) is 2.09.